The molecule has 2 aromatic carbocycles. The van der Waals surface area contributed by atoms with Crippen molar-refractivity contribution in [1.29, 1.82) is 0 Å². The molecule has 27 heavy (non-hydrogen) atoms. The van der Waals surface area contributed by atoms with Gasteiger partial charge in [-0.15, -0.1) is 0 Å². The van der Waals surface area contributed by atoms with Gasteiger partial charge in [0.05, 0.1) is 24.5 Å². The van der Waals surface area contributed by atoms with Gasteiger partial charge < -0.3 is 18.8 Å². The van der Waals surface area contributed by atoms with Crippen LogP contribution in [-0.2, 0) is 21.8 Å². The summed E-state index contributed by atoms with van der Waals surface area (Å²) in [5, 5.41) is 1.05. The number of hydrogen-bond acceptors (Lipinski definition) is 4. The summed E-state index contributed by atoms with van der Waals surface area (Å²) in [5.74, 6) is -0.245. The highest BCUT2D eigenvalue weighted by molar-refractivity contribution is 6.35. The van der Waals surface area contributed by atoms with Crippen LogP contribution in [0.15, 0.2) is 67.3 Å². The van der Waals surface area contributed by atoms with Crippen molar-refractivity contribution in [2.45, 2.75) is 18.4 Å². The van der Waals surface area contributed by atoms with Gasteiger partial charge in [0, 0.05) is 23.0 Å². The lowest BCUT2D eigenvalue weighted by Crippen LogP contribution is -2.34. The van der Waals surface area contributed by atoms with E-state index in [4.69, 9.17) is 37.4 Å². The molecule has 0 saturated carbocycles. The molecule has 5 nitrogen and oxygen atoms in total. The highest BCUT2D eigenvalue weighted by Crippen LogP contribution is 2.40. The largest absolute Gasteiger partial charge is 0.491 e. The highest BCUT2D eigenvalue weighted by atomic mass is 35.5. The van der Waals surface area contributed by atoms with Gasteiger partial charge >= 0.3 is 0 Å². The van der Waals surface area contributed by atoms with Gasteiger partial charge in [-0.25, -0.2) is 4.98 Å². The van der Waals surface area contributed by atoms with Gasteiger partial charge in [0.15, 0.2) is 0 Å². The van der Waals surface area contributed by atoms with Crippen LogP contribution in [-0.4, -0.2) is 28.9 Å². The van der Waals surface area contributed by atoms with Crippen molar-refractivity contribution in [1.82, 2.24) is 9.55 Å². The van der Waals surface area contributed by atoms with Crippen molar-refractivity contribution in [3.63, 3.8) is 0 Å². The number of hydrogen-bond donors (Lipinski definition) is 0. The molecule has 1 aliphatic heterocycles. The van der Waals surface area contributed by atoms with Crippen molar-refractivity contribution < 1.29 is 14.2 Å². The van der Waals surface area contributed by atoms with E-state index in [-0.39, 0.29) is 6.10 Å². The molecule has 0 unspecified atom stereocenters. The minimum absolute atomic E-state index is 0.236. The van der Waals surface area contributed by atoms with Crippen LogP contribution < -0.4 is 4.74 Å². The topological polar surface area (TPSA) is 45.5 Å². The van der Waals surface area contributed by atoms with Crippen molar-refractivity contribution >= 4 is 23.2 Å². The Labute approximate surface area is 167 Å². The molecule has 0 radical (unpaired) electrons. The number of benzene rings is 2. The summed E-state index contributed by atoms with van der Waals surface area (Å²) in [5.41, 5.74) is 0.726. The number of halogens is 2. The summed E-state index contributed by atoms with van der Waals surface area (Å²) in [4.78, 5) is 4.09. The first kappa shape index (κ1) is 18.3. The quantitative estimate of drug-likeness (QED) is 0.604. The molecule has 2 atom stereocenters. The zero-order valence-corrected chi connectivity index (χ0v) is 15.9. The van der Waals surface area contributed by atoms with E-state index < -0.39 is 5.79 Å². The molecule has 0 amide bonds. The monoisotopic (exact) mass is 404 g/mol. The zero-order chi connectivity index (χ0) is 18.7. The van der Waals surface area contributed by atoms with Gasteiger partial charge in [-0.3, -0.25) is 0 Å². The standard InChI is InChI=1S/C20H18Cl2N2O3/c21-15-6-7-18(19(22)10-15)20(13-24-9-8-23-14-24)26-12-17(27-20)11-25-16-4-2-1-3-5-16/h1-10,14,17H,11-13H2/t17-,20-/m0/s1. The van der Waals surface area contributed by atoms with E-state index in [1.165, 1.54) is 0 Å². The lowest BCUT2D eigenvalue weighted by atomic mass is 10.1. The number of ether oxygens (including phenoxy) is 3. The molecule has 0 aliphatic carbocycles. The lowest BCUT2D eigenvalue weighted by Gasteiger charge is -2.30. The number of aromatic nitrogens is 2. The first-order valence-corrected chi connectivity index (χ1v) is 9.31. The van der Waals surface area contributed by atoms with Crippen LogP contribution in [0, 0.1) is 0 Å². The molecule has 2 heterocycles. The summed E-state index contributed by atoms with van der Waals surface area (Å²) in [6, 6.07) is 14.9. The van der Waals surface area contributed by atoms with E-state index in [0.717, 1.165) is 11.3 Å². The third-order valence-corrected chi connectivity index (χ3v) is 4.88. The van der Waals surface area contributed by atoms with Crippen molar-refractivity contribution in [2.24, 2.45) is 0 Å². The number of rotatable bonds is 6. The zero-order valence-electron chi connectivity index (χ0n) is 14.4. The van der Waals surface area contributed by atoms with Crippen LogP contribution in [0.3, 0.4) is 0 Å². The van der Waals surface area contributed by atoms with Gasteiger partial charge in [-0.2, -0.15) is 0 Å². The Morgan fingerprint density at radius 1 is 1.19 bits per heavy atom. The maximum Gasteiger partial charge on any atom is 0.215 e. The summed E-state index contributed by atoms with van der Waals surface area (Å²) < 4.78 is 20.2. The Morgan fingerprint density at radius 3 is 2.78 bits per heavy atom. The molecule has 1 saturated heterocycles. The fraction of sp³-hybridized carbons (Fsp3) is 0.250. The molecule has 7 heteroatoms. The number of nitrogens with zero attached hydrogens (tertiary/aromatic N) is 2. The number of imidazole rings is 1. The first-order chi connectivity index (χ1) is 13.1. The molecule has 140 valence electrons. The molecule has 1 fully saturated rings. The van der Waals surface area contributed by atoms with Crippen LogP contribution in [0.2, 0.25) is 10.0 Å². The Morgan fingerprint density at radius 2 is 2.04 bits per heavy atom. The van der Waals surface area contributed by atoms with Crippen LogP contribution in [0.1, 0.15) is 5.56 Å². The normalized spacial score (nSPS) is 22.1. The maximum atomic E-state index is 6.46. The van der Waals surface area contributed by atoms with Gasteiger partial charge in [0.2, 0.25) is 5.79 Å². The van der Waals surface area contributed by atoms with Gasteiger partial charge in [0.1, 0.15) is 18.5 Å². The van der Waals surface area contributed by atoms with Crippen LogP contribution in [0.25, 0.3) is 0 Å². The highest BCUT2D eigenvalue weighted by Gasteiger charge is 2.45. The Kier molecular flexibility index (Phi) is 5.36. The number of para-hydroxylation sites is 1. The minimum atomic E-state index is -1.03. The lowest BCUT2D eigenvalue weighted by molar-refractivity contribution is -0.189. The van der Waals surface area contributed by atoms with Crippen molar-refractivity contribution in [2.75, 3.05) is 13.2 Å². The van der Waals surface area contributed by atoms with Gasteiger partial charge in [0.25, 0.3) is 0 Å². The Balaban J connectivity index is 1.56. The second-order valence-corrected chi connectivity index (χ2v) is 7.13. The predicted molar refractivity (Wildman–Crippen MR) is 103 cm³/mol. The van der Waals surface area contributed by atoms with Crippen molar-refractivity contribution in [3.05, 3.63) is 82.9 Å². The molecule has 0 N–H and O–H groups in total. The smallest absolute Gasteiger partial charge is 0.215 e. The van der Waals surface area contributed by atoms with E-state index in [9.17, 15) is 0 Å². The average Bonchev–Trinajstić information content (AvgIpc) is 3.32. The van der Waals surface area contributed by atoms with E-state index in [1.807, 2.05) is 47.2 Å². The average molecular weight is 405 g/mol. The summed E-state index contributed by atoms with van der Waals surface area (Å²) in [6.07, 6.45) is 5.04. The summed E-state index contributed by atoms with van der Waals surface area (Å²) in [7, 11) is 0. The second kappa shape index (κ2) is 7.90. The maximum absolute atomic E-state index is 6.46. The fourth-order valence-electron chi connectivity index (χ4n) is 3.08. The SMILES string of the molecule is Clc1ccc([C@@]2(Cn3ccnc3)OC[C@H](COc3ccccc3)O2)c(Cl)c1. The first-order valence-electron chi connectivity index (χ1n) is 8.55. The second-order valence-electron chi connectivity index (χ2n) is 6.29. The fourth-order valence-corrected chi connectivity index (χ4v) is 3.63. The summed E-state index contributed by atoms with van der Waals surface area (Å²) >= 11 is 12.5. The molecular formula is C20H18Cl2N2O3. The molecular weight excluding hydrogens is 387 g/mol. The van der Waals surface area contributed by atoms with Crippen LogP contribution in [0.4, 0.5) is 0 Å². The Hall–Kier alpha value is -2.05. The molecule has 0 bridgehead atoms. The predicted octanol–water partition coefficient (Wildman–Crippen LogP) is 4.54. The summed E-state index contributed by atoms with van der Waals surface area (Å²) in [6.45, 7) is 1.18. The van der Waals surface area contributed by atoms with Crippen molar-refractivity contribution in [3.8, 4) is 5.75 Å². The molecule has 3 aromatic rings. The molecule has 1 aliphatic rings. The minimum Gasteiger partial charge on any atom is -0.491 e. The third kappa shape index (κ3) is 4.12. The molecule has 1 aromatic heterocycles. The molecule has 4 rings (SSSR count). The van der Waals surface area contributed by atoms with Gasteiger partial charge in [-0.05, 0) is 24.3 Å². The Bertz CT molecular complexity index is 890. The van der Waals surface area contributed by atoms with E-state index in [0.29, 0.717) is 29.8 Å². The van der Waals surface area contributed by atoms with Crippen LogP contribution in [0.5, 0.6) is 5.75 Å². The van der Waals surface area contributed by atoms with Gasteiger partial charge in [-0.1, -0.05) is 47.5 Å². The van der Waals surface area contributed by atoms with E-state index in [1.54, 1.807) is 24.7 Å². The molecule has 0 spiro atoms. The van der Waals surface area contributed by atoms with E-state index >= 15 is 0 Å². The van der Waals surface area contributed by atoms with E-state index in [2.05, 4.69) is 4.98 Å². The van der Waals surface area contributed by atoms with Crippen LogP contribution >= 0.6 is 23.2 Å². The third-order valence-electron chi connectivity index (χ3n) is 4.33.